The Morgan fingerprint density at radius 1 is 1.39 bits per heavy atom. The molecule has 0 bridgehead atoms. The first-order valence-corrected chi connectivity index (χ1v) is 7.28. The molecule has 0 saturated carbocycles. The van der Waals surface area contributed by atoms with Crippen molar-refractivity contribution in [2.75, 3.05) is 6.54 Å². The molecule has 0 radical (unpaired) electrons. The van der Waals surface area contributed by atoms with Crippen LogP contribution in [-0.4, -0.2) is 16.3 Å². The largest absolute Gasteiger partial charge is 0.305 e. The van der Waals surface area contributed by atoms with E-state index in [9.17, 15) is 0 Å². The molecule has 0 aliphatic rings. The van der Waals surface area contributed by atoms with E-state index in [0.717, 1.165) is 18.7 Å². The second-order valence-electron chi connectivity index (χ2n) is 4.71. The van der Waals surface area contributed by atoms with Crippen molar-refractivity contribution in [3.05, 3.63) is 39.3 Å². The van der Waals surface area contributed by atoms with Crippen molar-refractivity contribution in [3.63, 3.8) is 0 Å². The molecule has 0 amide bonds. The number of aryl methyl sites for hydroxylation is 3. The molecule has 0 fully saturated rings. The summed E-state index contributed by atoms with van der Waals surface area (Å²) in [5, 5.41) is 10.3. The lowest BCUT2D eigenvalue weighted by atomic mass is 10.1. The molecule has 0 aliphatic heterocycles. The molecular weight excluding hydrogens is 242 g/mol. The molecule has 0 saturated heterocycles. The van der Waals surface area contributed by atoms with Gasteiger partial charge in [0.2, 0.25) is 0 Å². The van der Waals surface area contributed by atoms with Crippen LogP contribution in [0.3, 0.4) is 0 Å². The van der Waals surface area contributed by atoms with Gasteiger partial charge in [-0.1, -0.05) is 6.92 Å². The van der Waals surface area contributed by atoms with Crippen molar-refractivity contribution in [1.29, 1.82) is 0 Å². The molecule has 2 heterocycles. The minimum absolute atomic E-state index is 0.251. The van der Waals surface area contributed by atoms with Crippen LogP contribution in [0.5, 0.6) is 0 Å². The van der Waals surface area contributed by atoms with E-state index in [1.165, 1.54) is 16.1 Å². The first-order valence-electron chi connectivity index (χ1n) is 6.40. The van der Waals surface area contributed by atoms with Crippen LogP contribution in [0.4, 0.5) is 0 Å². The van der Waals surface area contributed by atoms with Gasteiger partial charge in [-0.15, -0.1) is 11.3 Å². The highest BCUT2D eigenvalue weighted by Gasteiger charge is 2.18. The molecule has 0 aromatic carbocycles. The summed E-state index contributed by atoms with van der Waals surface area (Å²) in [6.07, 6.45) is 1.14. The van der Waals surface area contributed by atoms with Crippen LogP contribution in [0.15, 0.2) is 17.5 Å². The van der Waals surface area contributed by atoms with E-state index in [2.05, 4.69) is 41.8 Å². The van der Waals surface area contributed by atoms with Crippen LogP contribution in [0.1, 0.15) is 41.2 Å². The van der Waals surface area contributed by atoms with Crippen molar-refractivity contribution >= 4 is 11.3 Å². The normalized spacial score (nSPS) is 12.9. The Bertz CT molecular complexity index is 513. The number of hydrogen-bond acceptors (Lipinski definition) is 3. The second-order valence-corrected chi connectivity index (χ2v) is 5.83. The fourth-order valence-electron chi connectivity index (χ4n) is 2.20. The molecule has 18 heavy (non-hydrogen) atoms. The van der Waals surface area contributed by atoms with Gasteiger partial charge in [0, 0.05) is 11.9 Å². The summed E-state index contributed by atoms with van der Waals surface area (Å²) in [6, 6.07) is 4.68. The van der Waals surface area contributed by atoms with Gasteiger partial charge in [-0.3, -0.25) is 4.68 Å². The quantitative estimate of drug-likeness (QED) is 0.898. The fraction of sp³-hybridized carbons (Fsp3) is 0.500. The van der Waals surface area contributed by atoms with Gasteiger partial charge in [0.05, 0.1) is 17.4 Å². The lowest BCUT2D eigenvalue weighted by Gasteiger charge is -2.17. The Labute approximate surface area is 113 Å². The minimum Gasteiger partial charge on any atom is -0.305 e. The number of nitrogens with zero attached hydrogens (tertiary/aromatic N) is 2. The Morgan fingerprint density at radius 3 is 2.67 bits per heavy atom. The van der Waals surface area contributed by atoms with Crippen LogP contribution < -0.4 is 5.32 Å². The molecule has 1 unspecified atom stereocenters. The molecule has 1 N–H and O–H groups in total. The van der Waals surface area contributed by atoms with Crippen molar-refractivity contribution in [2.45, 2.75) is 33.2 Å². The maximum atomic E-state index is 4.45. The summed E-state index contributed by atoms with van der Waals surface area (Å²) in [6.45, 7) is 7.40. The molecule has 3 nitrogen and oxygen atoms in total. The monoisotopic (exact) mass is 263 g/mol. The van der Waals surface area contributed by atoms with Gasteiger partial charge in [-0.25, -0.2) is 0 Å². The van der Waals surface area contributed by atoms with Gasteiger partial charge in [0.15, 0.2) is 0 Å². The van der Waals surface area contributed by atoms with E-state index in [1.54, 1.807) is 11.3 Å². The third-order valence-corrected chi connectivity index (χ3v) is 3.90. The summed E-state index contributed by atoms with van der Waals surface area (Å²) < 4.78 is 1.98. The summed E-state index contributed by atoms with van der Waals surface area (Å²) in [4.78, 5) is 1.35. The third kappa shape index (κ3) is 2.82. The van der Waals surface area contributed by atoms with Gasteiger partial charge in [0.25, 0.3) is 0 Å². The van der Waals surface area contributed by atoms with Crippen LogP contribution in [0.25, 0.3) is 0 Å². The van der Waals surface area contributed by atoms with Gasteiger partial charge in [-0.05, 0) is 49.9 Å². The molecule has 4 heteroatoms. The van der Waals surface area contributed by atoms with Gasteiger partial charge < -0.3 is 5.32 Å². The van der Waals surface area contributed by atoms with E-state index < -0.39 is 0 Å². The number of hydrogen-bond donors (Lipinski definition) is 1. The smallest absolute Gasteiger partial charge is 0.0756 e. The van der Waals surface area contributed by atoms with Crippen LogP contribution in [0, 0.1) is 13.8 Å². The lowest BCUT2D eigenvalue weighted by Crippen LogP contribution is -2.24. The number of aromatic nitrogens is 2. The molecule has 98 valence electrons. The van der Waals surface area contributed by atoms with Crippen LogP contribution in [-0.2, 0) is 7.05 Å². The minimum atomic E-state index is 0.251. The molecule has 1 atom stereocenters. The van der Waals surface area contributed by atoms with Crippen molar-refractivity contribution in [1.82, 2.24) is 15.1 Å². The number of rotatable bonds is 5. The van der Waals surface area contributed by atoms with Crippen molar-refractivity contribution in [3.8, 4) is 0 Å². The first kappa shape index (κ1) is 13.3. The van der Waals surface area contributed by atoms with E-state index in [1.807, 2.05) is 18.7 Å². The molecule has 2 rings (SSSR count). The third-order valence-electron chi connectivity index (χ3n) is 3.02. The van der Waals surface area contributed by atoms with E-state index in [-0.39, 0.29) is 6.04 Å². The summed E-state index contributed by atoms with van der Waals surface area (Å²) in [5.74, 6) is 0. The molecule has 2 aromatic heterocycles. The van der Waals surface area contributed by atoms with E-state index in [0.29, 0.717) is 0 Å². The summed E-state index contributed by atoms with van der Waals surface area (Å²) in [5.41, 5.74) is 3.65. The fourth-order valence-corrected chi connectivity index (χ4v) is 2.93. The predicted molar refractivity (Wildman–Crippen MR) is 77.1 cm³/mol. The highest BCUT2D eigenvalue weighted by molar-refractivity contribution is 7.10. The predicted octanol–water partition coefficient (Wildman–Crippen LogP) is 3.19. The Morgan fingerprint density at radius 2 is 2.17 bits per heavy atom. The average molecular weight is 263 g/mol. The zero-order valence-corrected chi connectivity index (χ0v) is 12.3. The second kappa shape index (κ2) is 5.67. The van der Waals surface area contributed by atoms with Crippen LogP contribution >= 0.6 is 11.3 Å². The van der Waals surface area contributed by atoms with Gasteiger partial charge in [0.1, 0.15) is 0 Å². The standard InChI is InChI=1S/C14H21N3S/c1-5-6-15-14(12-8-11(3)18-9-12)13-7-10(2)16-17(13)4/h7-9,14-15H,5-6H2,1-4H3. The molecular formula is C14H21N3S. The highest BCUT2D eigenvalue weighted by atomic mass is 32.1. The maximum Gasteiger partial charge on any atom is 0.0756 e. The lowest BCUT2D eigenvalue weighted by molar-refractivity contribution is 0.554. The van der Waals surface area contributed by atoms with E-state index in [4.69, 9.17) is 0 Å². The first-order chi connectivity index (χ1) is 8.61. The number of nitrogens with one attached hydrogen (secondary N) is 1. The number of thiophene rings is 1. The van der Waals surface area contributed by atoms with Crippen LogP contribution in [0.2, 0.25) is 0 Å². The molecule has 2 aromatic rings. The van der Waals surface area contributed by atoms with Crippen molar-refractivity contribution < 1.29 is 0 Å². The summed E-state index contributed by atoms with van der Waals surface area (Å²) in [7, 11) is 2.02. The van der Waals surface area contributed by atoms with E-state index >= 15 is 0 Å². The maximum absolute atomic E-state index is 4.45. The highest BCUT2D eigenvalue weighted by Crippen LogP contribution is 2.26. The van der Waals surface area contributed by atoms with Crippen molar-refractivity contribution in [2.24, 2.45) is 7.05 Å². The average Bonchev–Trinajstić information content (AvgIpc) is 2.87. The zero-order valence-electron chi connectivity index (χ0n) is 11.5. The van der Waals surface area contributed by atoms with Gasteiger partial charge in [-0.2, -0.15) is 5.10 Å². The van der Waals surface area contributed by atoms with Gasteiger partial charge >= 0.3 is 0 Å². The Kier molecular flexibility index (Phi) is 4.19. The zero-order chi connectivity index (χ0) is 13.1. The molecule has 0 aliphatic carbocycles. The Hall–Kier alpha value is -1.13. The Balaban J connectivity index is 2.33. The molecule has 0 spiro atoms. The summed E-state index contributed by atoms with van der Waals surface area (Å²) >= 11 is 1.80. The SMILES string of the molecule is CCCNC(c1csc(C)c1)c1cc(C)nn1C. The topological polar surface area (TPSA) is 29.9 Å².